The first kappa shape index (κ1) is 21.8. The van der Waals surface area contributed by atoms with Crippen molar-refractivity contribution in [1.82, 2.24) is 4.31 Å². The van der Waals surface area contributed by atoms with Crippen LogP contribution >= 0.6 is 11.6 Å². The summed E-state index contributed by atoms with van der Waals surface area (Å²) < 4.78 is 26.6. The van der Waals surface area contributed by atoms with Crippen molar-refractivity contribution in [2.24, 2.45) is 0 Å². The van der Waals surface area contributed by atoms with E-state index in [1.165, 1.54) is 40.7 Å². The molecule has 0 radical (unpaired) electrons. The third-order valence-electron chi connectivity index (χ3n) is 4.09. The molecule has 0 spiro atoms. The van der Waals surface area contributed by atoms with Crippen LogP contribution in [-0.2, 0) is 21.2 Å². The Kier molecular flexibility index (Phi) is 7.11. The minimum Gasteiger partial charge on any atom is -0.324 e. The molecule has 0 aliphatic rings. The molecule has 1 amide bonds. The summed E-state index contributed by atoms with van der Waals surface area (Å²) in [6, 6.07) is 9.95. The highest BCUT2D eigenvalue weighted by Gasteiger charge is 2.23. The zero-order valence-corrected chi connectivity index (χ0v) is 17.0. The third kappa shape index (κ3) is 4.86. The van der Waals surface area contributed by atoms with Gasteiger partial charge in [-0.25, -0.2) is 8.42 Å². The van der Waals surface area contributed by atoms with E-state index in [0.717, 1.165) is 0 Å². The summed E-state index contributed by atoms with van der Waals surface area (Å²) in [4.78, 5) is 22.9. The van der Waals surface area contributed by atoms with Crippen LogP contribution in [0.15, 0.2) is 47.4 Å². The number of hydrogen-bond acceptors (Lipinski definition) is 5. The van der Waals surface area contributed by atoms with Crippen LogP contribution in [0, 0.1) is 10.1 Å². The maximum atomic E-state index is 12.6. The number of benzene rings is 2. The fourth-order valence-corrected chi connectivity index (χ4v) is 4.33. The standard InChI is InChI=1S/C18H20ClN3O5S/c1-3-21(4-2)28(26,27)14-9-10-15(19)16(12-14)20-18(23)11-13-7-5-6-8-17(13)22(24)25/h5-10,12H,3-4,11H2,1-2H3,(H,20,23). The van der Waals surface area contributed by atoms with Gasteiger partial charge in [-0.15, -0.1) is 0 Å². The number of anilines is 1. The van der Waals surface area contributed by atoms with Gasteiger partial charge in [-0.05, 0) is 18.2 Å². The summed E-state index contributed by atoms with van der Waals surface area (Å²) in [6.07, 6.45) is -0.249. The molecule has 0 saturated carbocycles. The first-order valence-electron chi connectivity index (χ1n) is 8.52. The molecular weight excluding hydrogens is 406 g/mol. The molecule has 0 aliphatic carbocycles. The summed E-state index contributed by atoms with van der Waals surface area (Å²) in [7, 11) is -3.72. The van der Waals surface area contributed by atoms with E-state index in [2.05, 4.69) is 5.32 Å². The van der Waals surface area contributed by atoms with Gasteiger partial charge in [-0.1, -0.05) is 43.6 Å². The number of amides is 1. The van der Waals surface area contributed by atoms with Crippen LogP contribution in [0.25, 0.3) is 0 Å². The molecule has 0 aromatic heterocycles. The number of nitro groups is 1. The van der Waals surface area contributed by atoms with Gasteiger partial charge in [0.05, 0.1) is 26.9 Å². The number of sulfonamides is 1. The average molecular weight is 426 g/mol. The van der Waals surface area contributed by atoms with E-state index in [4.69, 9.17) is 11.6 Å². The Bertz CT molecular complexity index is 990. The minimum atomic E-state index is -3.72. The maximum Gasteiger partial charge on any atom is 0.273 e. The number of carbonyl (C=O) groups is 1. The number of nitro benzene ring substituents is 1. The number of nitrogens with zero attached hydrogens (tertiary/aromatic N) is 2. The Morgan fingerprint density at radius 3 is 2.43 bits per heavy atom. The molecule has 0 heterocycles. The Morgan fingerprint density at radius 1 is 1.18 bits per heavy atom. The number of carbonyl (C=O) groups excluding carboxylic acids is 1. The molecule has 0 atom stereocenters. The van der Waals surface area contributed by atoms with Crippen LogP contribution in [0.5, 0.6) is 0 Å². The fourth-order valence-electron chi connectivity index (χ4n) is 2.68. The molecule has 2 aromatic carbocycles. The molecule has 8 nitrogen and oxygen atoms in total. The first-order chi connectivity index (χ1) is 13.2. The number of rotatable bonds is 8. The maximum absolute atomic E-state index is 12.6. The molecule has 0 saturated heterocycles. The second-order valence-electron chi connectivity index (χ2n) is 5.84. The largest absolute Gasteiger partial charge is 0.324 e. The Morgan fingerprint density at radius 2 is 1.82 bits per heavy atom. The smallest absolute Gasteiger partial charge is 0.273 e. The van der Waals surface area contributed by atoms with E-state index in [0.29, 0.717) is 13.1 Å². The van der Waals surface area contributed by atoms with Gasteiger partial charge in [-0.2, -0.15) is 4.31 Å². The molecule has 1 N–H and O–H groups in total. The summed E-state index contributed by atoms with van der Waals surface area (Å²) >= 11 is 6.09. The topological polar surface area (TPSA) is 110 Å². The molecule has 28 heavy (non-hydrogen) atoms. The molecule has 2 aromatic rings. The minimum absolute atomic E-state index is 0.00147. The van der Waals surface area contributed by atoms with Gasteiger partial charge in [0, 0.05) is 24.7 Å². The quantitative estimate of drug-likeness (QED) is 0.514. The predicted octanol–water partition coefficient (Wildman–Crippen LogP) is 3.46. The van der Waals surface area contributed by atoms with Crippen molar-refractivity contribution in [3.05, 3.63) is 63.2 Å². The van der Waals surface area contributed by atoms with E-state index >= 15 is 0 Å². The molecule has 0 aliphatic heterocycles. The van der Waals surface area contributed by atoms with Gasteiger partial charge < -0.3 is 5.32 Å². The molecular formula is C18H20ClN3O5S. The van der Waals surface area contributed by atoms with Crippen LogP contribution in [0.3, 0.4) is 0 Å². The second-order valence-corrected chi connectivity index (χ2v) is 8.19. The molecule has 2 rings (SSSR count). The summed E-state index contributed by atoms with van der Waals surface area (Å²) in [5.74, 6) is -0.548. The van der Waals surface area contributed by atoms with E-state index in [9.17, 15) is 23.3 Å². The molecule has 0 unspecified atom stereocenters. The molecule has 10 heteroatoms. The highest BCUT2D eigenvalue weighted by molar-refractivity contribution is 7.89. The lowest BCUT2D eigenvalue weighted by Gasteiger charge is -2.19. The van der Waals surface area contributed by atoms with Crippen LogP contribution in [0.1, 0.15) is 19.4 Å². The Hall–Kier alpha value is -2.49. The average Bonchev–Trinajstić information content (AvgIpc) is 2.64. The molecule has 0 bridgehead atoms. The summed E-state index contributed by atoms with van der Waals surface area (Å²) in [5, 5.41) is 13.8. The van der Waals surface area contributed by atoms with Crippen molar-refractivity contribution in [2.75, 3.05) is 18.4 Å². The van der Waals surface area contributed by atoms with Gasteiger partial charge in [0.2, 0.25) is 15.9 Å². The lowest BCUT2D eigenvalue weighted by molar-refractivity contribution is -0.385. The number of nitrogens with one attached hydrogen (secondary N) is 1. The Labute approximate surface area is 168 Å². The SMILES string of the molecule is CCN(CC)S(=O)(=O)c1ccc(Cl)c(NC(=O)Cc2ccccc2[N+](=O)[O-])c1. The Balaban J connectivity index is 2.27. The highest BCUT2D eigenvalue weighted by Crippen LogP contribution is 2.27. The van der Waals surface area contributed by atoms with Crippen molar-refractivity contribution >= 4 is 38.9 Å². The van der Waals surface area contributed by atoms with Crippen molar-refractivity contribution in [3.8, 4) is 0 Å². The van der Waals surface area contributed by atoms with Crippen LogP contribution in [0.2, 0.25) is 5.02 Å². The van der Waals surface area contributed by atoms with Gasteiger partial charge in [0.25, 0.3) is 5.69 Å². The van der Waals surface area contributed by atoms with E-state index in [-0.39, 0.29) is 33.3 Å². The first-order valence-corrected chi connectivity index (χ1v) is 10.3. The van der Waals surface area contributed by atoms with E-state index in [1.54, 1.807) is 19.9 Å². The fraction of sp³-hybridized carbons (Fsp3) is 0.278. The van der Waals surface area contributed by atoms with Crippen LogP contribution in [-0.4, -0.2) is 36.6 Å². The normalized spacial score (nSPS) is 11.4. The lowest BCUT2D eigenvalue weighted by Crippen LogP contribution is -2.30. The monoisotopic (exact) mass is 425 g/mol. The summed E-state index contributed by atoms with van der Waals surface area (Å²) in [6.45, 7) is 4.07. The highest BCUT2D eigenvalue weighted by atomic mass is 35.5. The molecule has 150 valence electrons. The molecule has 0 fully saturated rings. The second kappa shape index (κ2) is 9.13. The third-order valence-corrected chi connectivity index (χ3v) is 6.47. The zero-order chi connectivity index (χ0) is 20.9. The van der Waals surface area contributed by atoms with Crippen molar-refractivity contribution in [2.45, 2.75) is 25.2 Å². The lowest BCUT2D eigenvalue weighted by atomic mass is 10.1. The number of para-hydroxylation sites is 1. The number of hydrogen-bond donors (Lipinski definition) is 1. The van der Waals surface area contributed by atoms with Crippen molar-refractivity contribution in [1.29, 1.82) is 0 Å². The zero-order valence-electron chi connectivity index (χ0n) is 15.4. The van der Waals surface area contributed by atoms with E-state index in [1.807, 2.05) is 0 Å². The van der Waals surface area contributed by atoms with Gasteiger partial charge >= 0.3 is 0 Å². The summed E-state index contributed by atoms with van der Waals surface area (Å²) in [5.41, 5.74) is 0.202. The van der Waals surface area contributed by atoms with Crippen LogP contribution < -0.4 is 5.32 Å². The van der Waals surface area contributed by atoms with Crippen LogP contribution in [0.4, 0.5) is 11.4 Å². The van der Waals surface area contributed by atoms with Gasteiger partial charge in [0.15, 0.2) is 0 Å². The van der Waals surface area contributed by atoms with Crippen molar-refractivity contribution < 1.29 is 18.1 Å². The van der Waals surface area contributed by atoms with Gasteiger partial charge in [0.1, 0.15) is 0 Å². The van der Waals surface area contributed by atoms with Gasteiger partial charge in [-0.3, -0.25) is 14.9 Å². The van der Waals surface area contributed by atoms with E-state index < -0.39 is 20.9 Å². The predicted molar refractivity (Wildman–Crippen MR) is 107 cm³/mol. The number of halogens is 1. The van der Waals surface area contributed by atoms with Crippen molar-refractivity contribution in [3.63, 3.8) is 0 Å².